The molecular weight excluding hydrogens is 232 g/mol. The van der Waals surface area contributed by atoms with Crippen LogP contribution in [0.4, 0.5) is 0 Å². The van der Waals surface area contributed by atoms with Crippen LogP contribution in [0.5, 0.6) is 5.75 Å². The van der Waals surface area contributed by atoms with Crippen LogP contribution in [0.15, 0.2) is 29.6 Å². The summed E-state index contributed by atoms with van der Waals surface area (Å²) < 4.78 is 5.70. The van der Waals surface area contributed by atoms with Crippen molar-refractivity contribution in [3.63, 3.8) is 0 Å². The summed E-state index contributed by atoms with van der Waals surface area (Å²) in [5.41, 5.74) is 7.74. The summed E-state index contributed by atoms with van der Waals surface area (Å²) in [6.07, 6.45) is 1.02. The smallest absolute Gasteiger partial charge is 0.131 e. The Morgan fingerprint density at radius 1 is 1.41 bits per heavy atom. The third-order valence-electron chi connectivity index (χ3n) is 2.47. The van der Waals surface area contributed by atoms with Crippen LogP contribution in [0.2, 0.25) is 0 Å². The van der Waals surface area contributed by atoms with Crippen LogP contribution in [0.25, 0.3) is 0 Å². The lowest BCUT2D eigenvalue weighted by Gasteiger charge is -2.05. The third kappa shape index (κ3) is 3.28. The molecule has 0 spiro atoms. The molecule has 0 atom stereocenters. The Morgan fingerprint density at radius 2 is 2.29 bits per heavy atom. The Hall–Kier alpha value is -1.39. The Labute approximate surface area is 105 Å². The van der Waals surface area contributed by atoms with Crippen molar-refractivity contribution in [2.24, 2.45) is 5.73 Å². The van der Waals surface area contributed by atoms with E-state index in [4.69, 9.17) is 10.5 Å². The lowest BCUT2D eigenvalue weighted by molar-refractivity contribution is 0.301. The number of rotatable bonds is 5. The molecule has 0 saturated heterocycles. The molecule has 2 aromatic rings. The van der Waals surface area contributed by atoms with Gasteiger partial charge in [0.05, 0.1) is 5.69 Å². The molecule has 0 aliphatic rings. The van der Waals surface area contributed by atoms with E-state index in [1.165, 1.54) is 5.56 Å². The largest absolute Gasteiger partial charge is 0.487 e. The second kappa shape index (κ2) is 5.80. The molecule has 0 amide bonds. The second-order valence-corrected chi connectivity index (χ2v) is 4.67. The van der Waals surface area contributed by atoms with Gasteiger partial charge in [0.15, 0.2) is 0 Å². The molecule has 0 radical (unpaired) electrons. The molecular formula is C13H16N2OS. The van der Waals surface area contributed by atoms with Gasteiger partial charge in [-0.2, -0.15) is 0 Å². The van der Waals surface area contributed by atoms with Crippen molar-refractivity contribution in [2.45, 2.75) is 26.5 Å². The van der Waals surface area contributed by atoms with E-state index in [1.54, 1.807) is 11.3 Å². The van der Waals surface area contributed by atoms with Gasteiger partial charge in [-0.25, -0.2) is 4.98 Å². The molecule has 0 aliphatic heterocycles. The quantitative estimate of drug-likeness (QED) is 0.885. The average Bonchev–Trinajstić information content (AvgIpc) is 2.84. The molecule has 0 aliphatic carbocycles. The van der Waals surface area contributed by atoms with Gasteiger partial charge in [-0.15, -0.1) is 11.3 Å². The number of aryl methyl sites for hydroxylation is 1. The zero-order chi connectivity index (χ0) is 12.1. The number of nitrogens with two attached hydrogens (primary N) is 1. The van der Waals surface area contributed by atoms with Crippen molar-refractivity contribution < 1.29 is 4.74 Å². The highest BCUT2D eigenvalue weighted by molar-refractivity contribution is 7.09. The number of nitrogens with zero attached hydrogens (tertiary/aromatic N) is 1. The molecule has 4 heteroatoms. The van der Waals surface area contributed by atoms with Crippen LogP contribution in [-0.4, -0.2) is 4.98 Å². The second-order valence-electron chi connectivity index (χ2n) is 3.73. The van der Waals surface area contributed by atoms with E-state index < -0.39 is 0 Å². The van der Waals surface area contributed by atoms with Gasteiger partial charge >= 0.3 is 0 Å². The Bertz CT molecular complexity index is 482. The van der Waals surface area contributed by atoms with E-state index in [-0.39, 0.29) is 0 Å². The first-order valence-corrected chi connectivity index (χ1v) is 6.55. The summed E-state index contributed by atoms with van der Waals surface area (Å²) in [6, 6.07) is 8.15. The number of hydrogen-bond acceptors (Lipinski definition) is 4. The zero-order valence-corrected chi connectivity index (χ0v) is 10.7. The number of aromatic nitrogens is 1. The Balaban J connectivity index is 1.96. The van der Waals surface area contributed by atoms with Crippen molar-refractivity contribution in [2.75, 3.05) is 0 Å². The summed E-state index contributed by atoms with van der Waals surface area (Å²) in [5, 5.41) is 2.94. The van der Waals surface area contributed by atoms with Gasteiger partial charge in [-0.1, -0.05) is 19.1 Å². The molecule has 0 fully saturated rings. The lowest BCUT2D eigenvalue weighted by atomic mass is 10.2. The van der Waals surface area contributed by atoms with Crippen LogP contribution in [0.3, 0.4) is 0 Å². The van der Waals surface area contributed by atoms with Gasteiger partial charge in [0.2, 0.25) is 0 Å². The molecule has 3 nitrogen and oxygen atoms in total. The fourth-order valence-electron chi connectivity index (χ4n) is 1.52. The maximum Gasteiger partial charge on any atom is 0.131 e. The Morgan fingerprint density at radius 3 is 3.00 bits per heavy atom. The van der Waals surface area contributed by atoms with Gasteiger partial charge in [0.25, 0.3) is 0 Å². The fourth-order valence-corrected chi connectivity index (χ4v) is 2.18. The molecule has 1 aromatic carbocycles. The SMILES string of the molecule is CCc1cccc(OCc2csc(CN)n2)c1. The van der Waals surface area contributed by atoms with Crippen molar-refractivity contribution >= 4 is 11.3 Å². The zero-order valence-electron chi connectivity index (χ0n) is 9.85. The molecule has 2 rings (SSSR count). The lowest BCUT2D eigenvalue weighted by Crippen LogP contribution is -1.99. The minimum atomic E-state index is 0.496. The van der Waals surface area contributed by atoms with Crippen LogP contribution >= 0.6 is 11.3 Å². The molecule has 0 unspecified atom stereocenters. The van der Waals surface area contributed by atoms with Crippen molar-refractivity contribution in [3.8, 4) is 5.75 Å². The van der Waals surface area contributed by atoms with Gasteiger partial charge in [0.1, 0.15) is 17.4 Å². The molecule has 2 N–H and O–H groups in total. The van der Waals surface area contributed by atoms with Crippen LogP contribution in [0.1, 0.15) is 23.2 Å². The number of ether oxygens (including phenoxy) is 1. The molecule has 1 heterocycles. The van der Waals surface area contributed by atoms with E-state index in [0.717, 1.165) is 22.9 Å². The van der Waals surface area contributed by atoms with Crippen molar-refractivity contribution in [3.05, 3.63) is 45.9 Å². The van der Waals surface area contributed by atoms with Gasteiger partial charge < -0.3 is 10.5 Å². The summed E-state index contributed by atoms with van der Waals surface area (Å²) in [6.45, 7) is 3.13. The summed E-state index contributed by atoms with van der Waals surface area (Å²) in [5.74, 6) is 0.895. The van der Waals surface area contributed by atoms with Crippen LogP contribution in [-0.2, 0) is 19.6 Å². The molecule has 0 bridgehead atoms. The number of hydrogen-bond donors (Lipinski definition) is 1. The summed E-state index contributed by atoms with van der Waals surface area (Å²) in [7, 11) is 0. The third-order valence-corrected chi connectivity index (χ3v) is 3.39. The Kier molecular flexibility index (Phi) is 4.12. The monoisotopic (exact) mass is 248 g/mol. The minimum absolute atomic E-state index is 0.496. The van der Waals surface area contributed by atoms with E-state index in [9.17, 15) is 0 Å². The average molecular weight is 248 g/mol. The molecule has 90 valence electrons. The van der Waals surface area contributed by atoms with Gasteiger partial charge in [-0.05, 0) is 24.1 Å². The van der Waals surface area contributed by atoms with E-state index in [2.05, 4.69) is 24.0 Å². The first kappa shape index (κ1) is 12.1. The maximum atomic E-state index is 5.70. The van der Waals surface area contributed by atoms with Crippen LogP contribution in [0, 0.1) is 0 Å². The van der Waals surface area contributed by atoms with Crippen molar-refractivity contribution in [1.29, 1.82) is 0 Å². The van der Waals surface area contributed by atoms with Crippen molar-refractivity contribution in [1.82, 2.24) is 4.98 Å². The van der Waals surface area contributed by atoms with Gasteiger partial charge in [0, 0.05) is 11.9 Å². The number of thiazole rings is 1. The normalized spacial score (nSPS) is 10.5. The van der Waals surface area contributed by atoms with Gasteiger partial charge in [-0.3, -0.25) is 0 Å². The highest BCUT2D eigenvalue weighted by atomic mass is 32.1. The first-order valence-electron chi connectivity index (χ1n) is 5.67. The van der Waals surface area contributed by atoms with E-state index in [0.29, 0.717) is 13.2 Å². The predicted molar refractivity (Wildman–Crippen MR) is 70.2 cm³/mol. The number of benzene rings is 1. The molecule has 17 heavy (non-hydrogen) atoms. The molecule has 1 aromatic heterocycles. The maximum absolute atomic E-state index is 5.70. The highest BCUT2D eigenvalue weighted by Crippen LogP contribution is 2.16. The summed E-state index contributed by atoms with van der Waals surface area (Å²) >= 11 is 1.58. The minimum Gasteiger partial charge on any atom is -0.487 e. The summed E-state index contributed by atoms with van der Waals surface area (Å²) in [4.78, 5) is 4.35. The topological polar surface area (TPSA) is 48.1 Å². The standard InChI is InChI=1S/C13H16N2OS/c1-2-10-4-3-5-12(6-10)16-8-11-9-17-13(7-14)15-11/h3-6,9H,2,7-8,14H2,1H3. The van der Waals surface area contributed by atoms with Crippen LogP contribution < -0.4 is 10.5 Å². The predicted octanol–water partition coefficient (Wildman–Crippen LogP) is 2.74. The first-order chi connectivity index (χ1) is 8.31. The van der Waals surface area contributed by atoms with E-state index >= 15 is 0 Å². The fraction of sp³-hybridized carbons (Fsp3) is 0.308. The highest BCUT2D eigenvalue weighted by Gasteiger charge is 2.01. The van der Waals surface area contributed by atoms with E-state index in [1.807, 2.05) is 17.5 Å². The molecule has 0 saturated carbocycles.